The lowest BCUT2D eigenvalue weighted by atomic mass is 9.90. The maximum Gasteiger partial charge on any atom is 0.216 e. The van der Waals surface area contributed by atoms with E-state index in [0.29, 0.717) is 32.9 Å². The van der Waals surface area contributed by atoms with Gasteiger partial charge in [0.1, 0.15) is 0 Å². The number of rotatable bonds is 4. The van der Waals surface area contributed by atoms with Crippen LogP contribution in [0.3, 0.4) is 0 Å². The molecule has 1 aliphatic carbocycles. The predicted molar refractivity (Wildman–Crippen MR) is 72.8 cm³/mol. The van der Waals surface area contributed by atoms with Crippen LogP contribution in [0.15, 0.2) is 0 Å². The van der Waals surface area contributed by atoms with Gasteiger partial charge in [0.2, 0.25) is 10.0 Å². The molecule has 3 rings (SSSR count). The molecule has 1 unspecified atom stereocenters. The Bertz CT molecular complexity index is 434. The van der Waals surface area contributed by atoms with Gasteiger partial charge in [0.25, 0.3) is 0 Å². The molecule has 2 saturated heterocycles. The van der Waals surface area contributed by atoms with Crippen molar-refractivity contribution in [2.45, 2.75) is 37.4 Å². The molecular weight excluding hydrogens is 282 g/mol. The third kappa shape index (κ3) is 3.17. The molecule has 0 bridgehead atoms. The highest BCUT2D eigenvalue weighted by Gasteiger charge is 2.48. The van der Waals surface area contributed by atoms with Crippen LogP contribution >= 0.6 is 0 Å². The van der Waals surface area contributed by atoms with E-state index in [4.69, 9.17) is 9.47 Å². The highest BCUT2D eigenvalue weighted by atomic mass is 32.2. The molecule has 0 aromatic heterocycles. The van der Waals surface area contributed by atoms with E-state index in [-0.39, 0.29) is 17.8 Å². The van der Waals surface area contributed by atoms with E-state index in [1.165, 1.54) is 0 Å². The van der Waals surface area contributed by atoms with Crippen LogP contribution in [0.1, 0.15) is 25.7 Å². The van der Waals surface area contributed by atoms with E-state index >= 15 is 0 Å². The molecule has 0 radical (unpaired) electrons. The minimum Gasteiger partial charge on any atom is -0.390 e. The minimum atomic E-state index is -3.28. The highest BCUT2D eigenvalue weighted by molar-refractivity contribution is 7.89. The number of hydrogen-bond acceptors (Lipinski definition) is 5. The number of nitrogens with zero attached hydrogens (tertiary/aromatic N) is 1. The molecule has 3 fully saturated rings. The average molecular weight is 305 g/mol. The van der Waals surface area contributed by atoms with E-state index in [9.17, 15) is 13.5 Å². The Labute approximate surface area is 120 Å². The van der Waals surface area contributed by atoms with Crippen LogP contribution < -0.4 is 0 Å². The van der Waals surface area contributed by atoms with Crippen molar-refractivity contribution in [3.05, 3.63) is 0 Å². The Morgan fingerprint density at radius 2 is 1.90 bits per heavy atom. The zero-order valence-electron chi connectivity index (χ0n) is 11.7. The SMILES string of the molecule is O=S(=O)(CC1COCCO1)N1CCC(C2(O)CC2)CC1. The lowest BCUT2D eigenvalue weighted by Crippen LogP contribution is -2.46. The van der Waals surface area contributed by atoms with Crippen LogP contribution in [0.5, 0.6) is 0 Å². The Morgan fingerprint density at radius 3 is 2.45 bits per heavy atom. The molecule has 6 nitrogen and oxygen atoms in total. The molecule has 2 heterocycles. The van der Waals surface area contributed by atoms with E-state index < -0.39 is 15.6 Å². The smallest absolute Gasteiger partial charge is 0.216 e. The van der Waals surface area contributed by atoms with E-state index in [1.807, 2.05) is 0 Å². The third-order valence-corrected chi connectivity index (χ3v) is 6.60. The van der Waals surface area contributed by atoms with Crippen LogP contribution in [0.4, 0.5) is 0 Å². The second kappa shape index (κ2) is 5.53. The summed E-state index contributed by atoms with van der Waals surface area (Å²) in [6.45, 7) is 2.40. The van der Waals surface area contributed by atoms with Gasteiger partial charge >= 0.3 is 0 Å². The molecule has 0 spiro atoms. The summed E-state index contributed by atoms with van der Waals surface area (Å²) in [7, 11) is -3.28. The Morgan fingerprint density at radius 1 is 1.20 bits per heavy atom. The maximum atomic E-state index is 12.4. The first kappa shape index (κ1) is 14.7. The van der Waals surface area contributed by atoms with Crippen molar-refractivity contribution < 1.29 is 23.0 Å². The average Bonchev–Trinajstić information content (AvgIpc) is 3.19. The van der Waals surface area contributed by atoms with Crippen LogP contribution in [0.25, 0.3) is 0 Å². The summed E-state index contributed by atoms with van der Waals surface area (Å²) in [5.74, 6) is 0.269. The van der Waals surface area contributed by atoms with Crippen LogP contribution in [0, 0.1) is 5.92 Å². The summed E-state index contributed by atoms with van der Waals surface area (Å²) < 4.78 is 36.9. The van der Waals surface area contributed by atoms with Gasteiger partial charge in [-0.25, -0.2) is 12.7 Å². The van der Waals surface area contributed by atoms with Crippen molar-refractivity contribution in [2.75, 3.05) is 38.7 Å². The minimum absolute atomic E-state index is 0.00192. The first-order chi connectivity index (χ1) is 9.50. The molecule has 3 aliphatic rings. The van der Waals surface area contributed by atoms with Gasteiger partial charge in [0, 0.05) is 13.1 Å². The van der Waals surface area contributed by atoms with Gasteiger partial charge in [0.05, 0.1) is 37.3 Å². The van der Waals surface area contributed by atoms with Crippen molar-refractivity contribution in [3.8, 4) is 0 Å². The van der Waals surface area contributed by atoms with E-state index in [2.05, 4.69) is 0 Å². The Balaban J connectivity index is 1.53. The third-order valence-electron chi connectivity index (χ3n) is 4.65. The number of hydrogen-bond donors (Lipinski definition) is 1. The molecule has 20 heavy (non-hydrogen) atoms. The van der Waals surface area contributed by atoms with E-state index in [1.54, 1.807) is 4.31 Å². The zero-order chi connectivity index (χ0) is 14.2. The summed E-state index contributed by atoms with van der Waals surface area (Å²) in [4.78, 5) is 0. The first-order valence-electron chi connectivity index (χ1n) is 7.39. The van der Waals surface area contributed by atoms with Crippen LogP contribution in [-0.2, 0) is 19.5 Å². The fourth-order valence-corrected chi connectivity index (χ4v) is 4.82. The summed E-state index contributed by atoms with van der Waals surface area (Å²) in [6.07, 6.45) is 2.92. The number of piperidine rings is 1. The van der Waals surface area contributed by atoms with Gasteiger partial charge < -0.3 is 14.6 Å². The van der Waals surface area contributed by atoms with Crippen molar-refractivity contribution in [2.24, 2.45) is 5.92 Å². The monoisotopic (exact) mass is 305 g/mol. The largest absolute Gasteiger partial charge is 0.390 e. The molecule has 0 amide bonds. The number of aliphatic hydroxyl groups is 1. The normalized spacial score (nSPS) is 32.1. The van der Waals surface area contributed by atoms with E-state index in [0.717, 1.165) is 25.7 Å². The van der Waals surface area contributed by atoms with Crippen LogP contribution in [0.2, 0.25) is 0 Å². The first-order valence-corrected chi connectivity index (χ1v) is 9.00. The standard InChI is InChI=1S/C13H23NO5S/c15-13(3-4-13)11-1-5-14(6-2-11)20(16,17)10-12-9-18-7-8-19-12/h11-12,15H,1-10H2. The number of sulfonamides is 1. The fourth-order valence-electron chi connectivity index (χ4n) is 3.18. The summed E-state index contributed by atoms with van der Waals surface area (Å²) in [6, 6.07) is 0. The topological polar surface area (TPSA) is 76.1 Å². The summed E-state index contributed by atoms with van der Waals surface area (Å²) in [5, 5.41) is 10.1. The highest BCUT2D eigenvalue weighted by Crippen LogP contribution is 2.46. The second-order valence-corrected chi connectivity index (χ2v) is 8.14. The summed E-state index contributed by atoms with van der Waals surface area (Å²) >= 11 is 0. The molecule has 1 atom stereocenters. The van der Waals surface area contributed by atoms with Crippen molar-refractivity contribution in [1.29, 1.82) is 0 Å². The van der Waals surface area contributed by atoms with Gasteiger partial charge in [0.15, 0.2) is 0 Å². The van der Waals surface area contributed by atoms with Crippen LogP contribution in [-0.4, -0.2) is 68.2 Å². The number of ether oxygens (including phenoxy) is 2. The molecule has 1 saturated carbocycles. The van der Waals surface area contributed by atoms with Gasteiger partial charge in [-0.1, -0.05) is 0 Å². The molecular formula is C13H23NO5S. The van der Waals surface area contributed by atoms with Crippen molar-refractivity contribution in [1.82, 2.24) is 4.31 Å². The Kier molecular flexibility index (Phi) is 4.07. The van der Waals surface area contributed by atoms with Gasteiger partial charge in [-0.05, 0) is 31.6 Å². The van der Waals surface area contributed by atoms with Gasteiger partial charge in [-0.2, -0.15) is 0 Å². The molecule has 1 N–H and O–H groups in total. The van der Waals surface area contributed by atoms with Crippen molar-refractivity contribution >= 4 is 10.0 Å². The predicted octanol–water partition coefficient (Wildman–Crippen LogP) is -0.0315. The van der Waals surface area contributed by atoms with Crippen molar-refractivity contribution in [3.63, 3.8) is 0 Å². The lowest BCUT2D eigenvalue weighted by Gasteiger charge is -2.34. The molecule has 0 aromatic carbocycles. The molecule has 0 aromatic rings. The summed E-state index contributed by atoms with van der Waals surface area (Å²) in [5.41, 5.74) is -0.490. The van der Waals surface area contributed by atoms with Gasteiger partial charge in [-0.3, -0.25) is 0 Å². The zero-order valence-corrected chi connectivity index (χ0v) is 12.5. The quantitative estimate of drug-likeness (QED) is 0.789. The lowest BCUT2D eigenvalue weighted by molar-refractivity contribution is -0.0786. The molecule has 7 heteroatoms. The maximum absolute atomic E-state index is 12.4. The molecule has 2 aliphatic heterocycles. The molecule has 116 valence electrons. The van der Waals surface area contributed by atoms with Gasteiger partial charge in [-0.15, -0.1) is 0 Å². The Hall–Kier alpha value is -0.210. The second-order valence-electron chi connectivity index (χ2n) is 6.12. The fraction of sp³-hybridized carbons (Fsp3) is 1.00.